The van der Waals surface area contributed by atoms with Crippen molar-refractivity contribution in [2.75, 3.05) is 0 Å². The molecule has 0 saturated heterocycles. The van der Waals surface area contributed by atoms with Crippen LogP contribution in [-0.4, -0.2) is 30.1 Å². The summed E-state index contributed by atoms with van der Waals surface area (Å²) in [6.45, 7) is 17.4. The van der Waals surface area contributed by atoms with E-state index in [0.29, 0.717) is 12.8 Å². The molecule has 3 nitrogen and oxygen atoms in total. The third-order valence-corrected chi connectivity index (χ3v) is 8.49. The van der Waals surface area contributed by atoms with Crippen LogP contribution in [0.5, 0.6) is 0 Å². The maximum Gasteiger partial charge on any atom is 0.454 e. The van der Waals surface area contributed by atoms with Crippen molar-refractivity contribution in [2.24, 2.45) is 5.92 Å². The first-order valence-corrected chi connectivity index (χ1v) is 16.4. The Morgan fingerprint density at radius 1 is 1.05 bits per heavy atom. The topological polar surface area (TPSA) is 50.2 Å². The molecule has 0 spiro atoms. The number of pyridine rings is 1. The molecule has 0 aliphatic rings. The van der Waals surface area contributed by atoms with Gasteiger partial charge in [0.25, 0.3) is 5.78 Å². The molecule has 0 bridgehead atoms. The predicted molar refractivity (Wildman–Crippen MR) is 154 cm³/mol. The summed E-state index contributed by atoms with van der Waals surface area (Å²) in [5.74, 6) is -2.87. The van der Waals surface area contributed by atoms with Crippen LogP contribution in [0.25, 0.3) is 22.0 Å². The summed E-state index contributed by atoms with van der Waals surface area (Å²) >= 11 is 0. The smallest absolute Gasteiger partial charge is 0.454 e. The van der Waals surface area contributed by atoms with E-state index >= 15 is 0 Å². The molecular weight excluding hydrogens is 696 g/mol. The van der Waals surface area contributed by atoms with Gasteiger partial charge < -0.3 is 5.11 Å². The summed E-state index contributed by atoms with van der Waals surface area (Å²) in [6.07, 6.45) is -1.69. The average molecular weight is 735 g/mol. The Bertz CT molecular complexity index is 1290. The van der Waals surface area contributed by atoms with Crippen molar-refractivity contribution >= 4 is 29.8 Å². The molecule has 0 saturated carbocycles. The molecule has 39 heavy (non-hydrogen) atoms. The van der Waals surface area contributed by atoms with E-state index in [4.69, 9.17) is 0 Å². The number of allylic oxidation sites excluding steroid dienone is 2. The van der Waals surface area contributed by atoms with Gasteiger partial charge in [-0.15, -0.1) is 29.1 Å². The van der Waals surface area contributed by atoms with Crippen LogP contribution in [0.3, 0.4) is 0 Å². The standard InChI is InChI=1S/C22H26NSi.C9H13F3O2.Ir/c1-22(2,3)20-14-17(13-16-9-7-8-10-19(16)20)21-15-18(11-12-23-21)24(4,5)6;1-3-6(4-2)7(13)5-8(14)9(10,11)12;/h7-12,14-15H,1-6H3;5-6,13H,3-4H2,1-2H3;/q-1;;/b;7-5-;. The summed E-state index contributed by atoms with van der Waals surface area (Å²) in [5.41, 5.74) is 3.57. The molecule has 1 N–H and O–H groups in total. The van der Waals surface area contributed by atoms with E-state index in [9.17, 15) is 23.1 Å². The largest absolute Gasteiger partial charge is 0.512 e. The summed E-state index contributed by atoms with van der Waals surface area (Å²) in [6, 6.07) is 18.8. The van der Waals surface area contributed by atoms with Gasteiger partial charge in [-0.25, -0.2) is 0 Å². The molecule has 0 aliphatic carbocycles. The normalized spacial score (nSPS) is 12.6. The minimum absolute atomic E-state index is 0. The minimum Gasteiger partial charge on any atom is -0.512 e. The molecule has 0 unspecified atom stereocenters. The summed E-state index contributed by atoms with van der Waals surface area (Å²) in [7, 11) is -1.36. The van der Waals surface area contributed by atoms with E-state index in [1.165, 1.54) is 21.5 Å². The van der Waals surface area contributed by atoms with E-state index in [0.717, 1.165) is 11.3 Å². The molecule has 0 aliphatic heterocycles. The van der Waals surface area contributed by atoms with Crippen LogP contribution in [0.2, 0.25) is 19.6 Å². The van der Waals surface area contributed by atoms with Gasteiger partial charge in [0.15, 0.2) is 0 Å². The zero-order valence-electron chi connectivity index (χ0n) is 24.0. The van der Waals surface area contributed by atoms with Gasteiger partial charge in [-0.05, 0) is 24.3 Å². The van der Waals surface area contributed by atoms with Crippen molar-refractivity contribution in [3.8, 4) is 11.3 Å². The number of hydrogen-bond donors (Lipinski definition) is 1. The van der Waals surface area contributed by atoms with Crippen molar-refractivity contribution in [1.29, 1.82) is 0 Å². The number of nitrogens with zero attached hydrogens (tertiary/aromatic N) is 1. The summed E-state index contributed by atoms with van der Waals surface area (Å²) in [4.78, 5) is 15.1. The third-order valence-electron chi connectivity index (χ3n) is 6.45. The number of alkyl halides is 3. The van der Waals surface area contributed by atoms with Crippen LogP contribution in [-0.2, 0) is 30.3 Å². The van der Waals surface area contributed by atoms with Gasteiger partial charge in [-0.2, -0.15) is 13.2 Å². The quantitative estimate of drug-likeness (QED) is 0.120. The Morgan fingerprint density at radius 3 is 2.15 bits per heavy atom. The Balaban J connectivity index is 0.000000439. The van der Waals surface area contributed by atoms with Crippen LogP contribution in [0.15, 0.2) is 60.5 Å². The second-order valence-corrected chi connectivity index (χ2v) is 16.6. The summed E-state index contributed by atoms with van der Waals surface area (Å²) in [5, 5.41) is 13.1. The van der Waals surface area contributed by atoms with Crippen molar-refractivity contribution in [3.63, 3.8) is 0 Å². The molecule has 1 radical (unpaired) electrons. The van der Waals surface area contributed by atoms with E-state index < -0.39 is 25.8 Å². The van der Waals surface area contributed by atoms with E-state index in [1.807, 2.05) is 6.20 Å². The SMILES string of the molecule is CC(C)(C)c1cc(-c2cc([Si](C)(C)C)ccn2)[c-]c2ccccc12.CCC(CC)/C(O)=C/C(=O)C(F)(F)F.[Ir]. The molecule has 3 aromatic rings. The fraction of sp³-hybridized carbons (Fsp3) is 0.419. The Labute approximate surface area is 245 Å². The van der Waals surface area contributed by atoms with Crippen molar-refractivity contribution in [2.45, 2.75) is 78.7 Å². The number of halogens is 3. The first-order chi connectivity index (χ1) is 17.5. The molecule has 1 aromatic heterocycles. The average Bonchev–Trinajstić information content (AvgIpc) is 2.83. The van der Waals surface area contributed by atoms with Crippen LogP contribution < -0.4 is 5.19 Å². The van der Waals surface area contributed by atoms with E-state index in [-0.39, 0.29) is 37.5 Å². The maximum atomic E-state index is 11.8. The number of hydrogen-bond acceptors (Lipinski definition) is 3. The summed E-state index contributed by atoms with van der Waals surface area (Å²) < 4.78 is 35.3. The third kappa shape index (κ3) is 9.69. The van der Waals surface area contributed by atoms with Crippen molar-refractivity contribution in [3.05, 3.63) is 72.1 Å². The van der Waals surface area contributed by atoms with E-state index in [2.05, 4.69) is 93.9 Å². The molecule has 0 amide bonds. The zero-order chi connectivity index (χ0) is 28.9. The number of aliphatic hydroxyl groups is 1. The molecule has 215 valence electrons. The number of aliphatic hydroxyl groups excluding tert-OH is 1. The second kappa shape index (κ2) is 13.9. The number of aromatic nitrogens is 1. The molecular formula is C31H39F3IrNO2Si-. The first kappa shape index (κ1) is 34.7. The van der Waals surface area contributed by atoms with Gasteiger partial charge in [0.05, 0.1) is 13.8 Å². The molecule has 1 heterocycles. The number of ketones is 1. The number of carbonyl (C=O) groups is 1. The molecule has 3 rings (SSSR count). The maximum absolute atomic E-state index is 11.8. The molecule has 0 atom stereocenters. The number of carbonyl (C=O) groups excluding carboxylic acids is 1. The fourth-order valence-corrected chi connectivity index (χ4v) is 5.22. The zero-order valence-corrected chi connectivity index (χ0v) is 27.4. The molecule has 8 heteroatoms. The molecule has 0 fully saturated rings. The van der Waals surface area contributed by atoms with Gasteiger partial charge in [0.1, 0.15) is 0 Å². The van der Waals surface area contributed by atoms with Crippen molar-refractivity contribution in [1.82, 2.24) is 4.98 Å². The van der Waals surface area contributed by atoms with Crippen molar-refractivity contribution < 1.29 is 43.2 Å². The number of fused-ring (bicyclic) bond motifs is 1. The second-order valence-electron chi connectivity index (χ2n) is 11.5. The van der Waals surface area contributed by atoms with Gasteiger partial charge in [0.2, 0.25) is 0 Å². The van der Waals surface area contributed by atoms with Gasteiger partial charge in [-0.1, -0.05) is 94.7 Å². The van der Waals surface area contributed by atoms with Gasteiger partial charge in [0, 0.05) is 44.0 Å². The van der Waals surface area contributed by atoms with Crippen LogP contribution in [0.1, 0.15) is 53.0 Å². The van der Waals surface area contributed by atoms with Crippen LogP contribution >= 0.6 is 0 Å². The predicted octanol–water partition coefficient (Wildman–Crippen LogP) is 8.54. The monoisotopic (exact) mass is 735 g/mol. The van der Waals surface area contributed by atoms with Crippen LogP contribution in [0, 0.1) is 12.0 Å². The first-order valence-electron chi connectivity index (χ1n) is 12.9. The molecule has 2 aromatic carbocycles. The van der Waals surface area contributed by atoms with Gasteiger partial charge in [-0.3, -0.25) is 9.78 Å². The number of benzene rings is 2. The Hall–Kier alpha value is -2.28. The Morgan fingerprint density at radius 2 is 1.64 bits per heavy atom. The number of rotatable bonds is 6. The van der Waals surface area contributed by atoms with E-state index in [1.54, 1.807) is 13.8 Å². The fourth-order valence-electron chi connectivity index (χ4n) is 4.07. The van der Waals surface area contributed by atoms with Crippen LogP contribution in [0.4, 0.5) is 13.2 Å². The minimum atomic E-state index is -4.90. The van der Waals surface area contributed by atoms with Gasteiger partial charge >= 0.3 is 6.18 Å². The Kier molecular flexibility index (Phi) is 12.4.